The van der Waals surface area contributed by atoms with E-state index in [2.05, 4.69) is 36.4 Å². The number of Topliss-reactive ketones (excluding diaryl/α,β-unsaturated/α-hetero) is 1. The molecule has 3 nitrogen and oxygen atoms in total. The number of esters is 1. The summed E-state index contributed by atoms with van der Waals surface area (Å²) >= 11 is 0. The Kier molecular flexibility index (Phi) is 5.52. The van der Waals surface area contributed by atoms with Gasteiger partial charge < -0.3 is 4.74 Å². The van der Waals surface area contributed by atoms with Gasteiger partial charge in [-0.1, -0.05) is 79.2 Å². The highest BCUT2D eigenvalue weighted by Gasteiger charge is 2.31. The van der Waals surface area contributed by atoms with E-state index < -0.39 is 11.8 Å². The fraction of sp³-hybridized carbons (Fsp3) is 0.280. The molecule has 2 atom stereocenters. The fourth-order valence-electron chi connectivity index (χ4n) is 4.21. The highest BCUT2D eigenvalue weighted by Crippen LogP contribution is 2.32. The van der Waals surface area contributed by atoms with Crippen molar-refractivity contribution in [3.8, 4) is 0 Å². The Balaban J connectivity index is 1.50. The lowest BCUT2D eigenvalue weighted by molar-refractivity contribution is -0.147. The van der Waals surface area contributed by atoms with Gasteiger partial charge >= 0.3 is 5.97 Å². The van der Waals surface area contributed by atoms with Crippen LogP contribution in [0, 0.1) is 5.92 Å². The molecule has 1 aliphatic carbocycles. The number of ketones is 1. The van der Waals surface area contributed by atoms with E-state index >= 15 is 0 Å². The minimum Gasteiger partial charge on any atom is -0.456 e. The number of hydrogen-bond acceptors (Lipinski definition) is 3. The first-order valence-electron chi connectivity index (χ1n) is 9.99. The molecule has 1 saturated carbocycles. The van der Waals surface area contributed by atoms with Crippen molar-refractivity contribution in [3.05, 3.63) is 83.9 Å². The molecule has 0 N–H and O–H groups in total. The van der Waals surface area contributed by atoms with E-state index in [-0.39, 0.29) is 12.0 Å². The topological polar surface area (TPSA) is 43.4 Å². The number of rotatable bonds is 5. The summed E-state index contributed by atoms with van der Waals surface area (Å²) in [4.78, 5) is 24.8. The van der Waals surface area contributed by atoms with Crippen LogP contribution in [0.15, 0.2) is 72.8 Å². The molecule has 0 heterocycles. The molecule has 4 rings (SSSR count). The summed E-state index contributed by atoms with van der Waals surface area (Å²) in [7, 11) is 0. The lowest BCUT2D eigenvalue weighted by atomic mass is 9.81. The summed E-state index contributed by atoms with van der Waals surface area (Å²) in [6.45, 7) is 0. The smallest absolute Gasteiger partial charge is 0.379 e. The summed E-state index contributed by atoms with van der Waals surface area (Å²) in [5, 5.41) is 2.48. The van der Waals surface area contributed by atoms with Crippen molar-refractivity contribution in [3.63, 3.8) is 0 Å². The normalized spacial score (nSPS) is 19.3. The van der Waals surface area contributed by atoms with Crippen molar-refractivity contribution in [1.82, 2.24) is 0 Å². The highest BCUT2D eigenvalue weighted by molar-refractivity contribution is 6.40. The van der Waals surface area contributed by atoms with Gasteiger partial charge in [-0.2, -0.15) is 0 Å². The molecule has 142 valence electrons. The molecule has 0 radical (unpaired) electrons. The third-order valence-electron chi connectivity index (χ3n) is 5.68. The molecule has 3 aromatic carbocycles. The van der Waals surface area contributed by atoms with E-state index in [4.69, 9.17) is 4.74 Å². The van der Waals surface area contributed by atoms with Gasteiger partial charge in [-0.3, -0.25) is 4.79 Å². The van der Waals surface area contributed by atoms with Crippen LogP contribution < -0.4 is 0 Å². The van der Waals surface area contributed by atoms with Gasteiger partial charge in [0.05, 0.1) is 0 Å². The molecule has 1 aliphatic rings. The molecule has 28 heavy (non-hydrogen) atoms. The van der Waals surface area contributed by atoms with E-state index in [0.29, 0.717) is 5.56 Å². The van der Waals surface area contributed by atoms with Gasteiger partial charge in [-0.25, -0.2) is 4.79 Å². The predicted octanol–water partition coefficient (Wildman–Crippen LogP) is 5.37. The second-order valence-corrected chi connectivity index (χ2v) is 7.53. The molecule has 0 unspecified atom stereocenters. The second kappa shape index (κ2) is 8.39. The first-order valence-corrected chi connectivity index (χ1v) is 9.99. The van der Waals surface area contributed by atoms with Gasteiger partial charge in [0.2, 0.25) is 0 Å². The van der Waals surface area contributed by atoms with Crippen LogP contribution in [-0.4, -0.2) is 17.9 Å². The molecule has 0 aliphatic heterocycles. The fourth-order valence-corrected chi connectivity index (χ4v) is 4.21. The summed E-state index contributed by atoms with van der Waals surface area (Å²) in [5.41, 5.74) is 1.66. The van der Waals surface area contributed by atoms with Crippen LogP contribution in [0.5, 0.6) is 0 Å². The quantitative estimate of drug-likeness (QED) is 0.344. The van der Waals surface area contributed by atoms with Crippen LogP contribution in [0.1, 0.15) is 41.6 Å². The molecule has 3 aromatic rings. The van der Waals surface area contributed by atoms with Gasteiger partial charge in [0.1, 0.15) is 6.10 Å². The first kappa shape index (κ1) is 18.4. The van der Waals surface area contributed by atoms with Crippen LogP contribution >= 0.6 is 0 Å². The van der Waals surface area contributed by atoms with Crippen molar-refractivity contribution < 1.29 is 14.3 Å². The maximum atomic E-state index is 12.5. The Morgan fingerprint density at radius 1 is 0.821 bits per heavy atom. The Hall–Kier alpha value is -2.94. The largest absolute Gasteiger partial charge is 0.456 e. The lowest BCUT2D eigenvalue weighted by Gasteiger charge is -2.31. The third-order valence-corrected chi connectivity index (χ3v) is 5.68. The number of benzene rings is 3. The number of fused-ring (bicyclic) bond motifs is 1. The Bertz CT molecular complexity index is 972. The summed E-state index contributed by atoms with van der Waals surface area (Å²) in [6.07, 6.45) is 4.66. The lowest BCUT2D eigenvalue weighted by Crippen LogP contribution is -2.34. The van der Waals surface area contributed by atoms with E-state index in [1.807, 2.05) is 12.1 Å². The van der Waals surface area contributed by atoms with Crippen molar-refractivity contribution >= 4 is 22.5 Å². The van der Waals surface area contributed by atoms with Crippen LogP contribution in [0.25, 0.3) is 10.8 Å². The molecule has 0 bridgehead atoms. The maximum absolute atomic E-state index is 12.5. The zero-order chi connectivity index (χ0) is 19.3. The van der Waals surface area contributed by atoms with Crippen molar-refractivity contribution in [1.29, 1.82) is 0 Å². The molecule has 0 amide bonds. The molecule has 3 heteroatoms. The summed E-state index contributed by atoms with van der Waals surface area (Å²) in [5.74, 6) is -1.05. The molecule has 1 fully saturated rings. The van der Waals surface area contributed by atoms with Crippen molar-refractivity contribution in [2.75, 3.05) is 0 Å². The van der Waals surface area contributed by atoms with Crippen LogP contribution in [0.3, 0.4) is 0 Å². The molecular weight excluding hydrogens is 348 g/mol. The second-order valence-electron chi connectivity index (χ2n) is 7.53. The third kappa shape index (κ3) is 3.99. The predicted molar refractivity (Wildman–Crippen MR) is 110 cm³/mol. The molecular formula is C25H24O3. The van der Waals surface area contributed by atoms with E-state index in [1.54, 1.807) is 24.3 Å². The highest BCUT2D eigenvalue weighted by atomic mass is 16.5. The van der Waals surface area contributed by atoms with E-state index in [1.165, 1.54) is 16.3 Å². The average Bonchev–Trinajstić information content (AvgIpc) is 2.75. The summed E-state index contributed by atoms with van der Waals surface area (Å²) < 4.78 is 5.72. The zero-order valence-corrected chi connectivity index (χ0v) is 15.8. The Labute approximate surface area is 165 Å². The minimum absolute atomic E-state index is 0.201. The maximum Gasteiger partial charge on any atom is 0.379 e. The van der Waals surface area contributed by atoms with Gasteiger partial charge in [-0.15, -0.1) is 0 Å². The number of carbonyl (C=O) groups excluding carboxylic acids is 2. The molecule has 0 spiro atoms. The van der Waals surface area contributed by atoms with Crippen molar-refractivity contribution in [2.24, 2.45) is 5.92 Å². The van der Waals surface area contributed by atoms with Gasteiger partial charge in [0, 0.05) is 11.5 Å². The van der Waals surface area contributed by atoms with Gasteiger partial charge in [0.25, 0.3) is 5.78 Å². The van der Waals surface area contributed by atoms with Gasteiger partial charge in [-0.05, 0) is 42.0 Å². The number of carbonyl (C=O) groups is 2. The van der Waals surface area contributed by atoms with Crippen molar-refractivity contribution in [2.45, 2.75) is 38.2 Å². The van der Waals surface area contributed by atoms with E-state index in [9.17, 15) is 9.59 Å². The Morgan fingerprint density at radius 2 is 1.54 bits per heavy atom. The van der Waals surface area contributed by atoms with Crippen LogP contribution in [-0.2, 0) is 16.0 Å². The minimum atomic E-state index is -0.735. The van der Waals surface area contributed by atoms with Crippen LogP contribution in [0.2, 0.25) is 0 Å². The first-order chi connectivity index (χ1) is 13.7. The summed E-state index contributed by atoms with van der Waals surface area (Å²) in [6, 6.07) is 23.4. The monoisotopic (exact) mass is 372 g/mol. The molecule has 0 aromatic heterocycles. The number of hydrogen-bond donors (Lipinski definition) is 0. The van der Waals surface area contributed by atoms with Crippen LogP contribution in [0.4, 0.5) is 0 Å². The zero-order valence-electron chi connectivity index (χ0n) is 15.8. The van der Waals surface area contributed by atoms with E-state index in [0.717, 1.165) is 32.1 Å². The Morgan fingerprint density at radius 3 is 2.39 bits per heavy atom. The average molecular weight is 372 g/mol. The SMILES string of the molecule is O=C(O[C@@H]1CCCC[C@H]1Cc1cccc2ccccc12)C(=O)c1ccccc1. The molecule has 0 saturated heterocycles. The van der Waals surface area contributed by atoms with Gasteiger partial charge in [0.15, 0.2) is 0 Å². The standard InChI is InChI=1S/C25H24O3/c26-24(19-10-2-1-3-11-19)25(27)28-23-16-7-5-12-21(23)17-20-14-8-13-18-9-4-6-15-22(18)20/h1-4,6,8-11,13-15,21,23H,5,7,12,16-17H2/t21-,23+/m0/s1. The number of ether oxygens (including phenoxy) is 1.